The lowest BCUT2D eigenvalue weighted by Gasteiger charge is -2.27. The lowest BCUT2D eigenvalue weighted by Crippen LogP contribution is -2.30. The summed E-state index contributed by atoms with van der Waals surface area (Å²) in [6, 6.07) is 4.84. The number of allylic oxidation sites excluding steroid dienone is 3. The molecule has 3 heterocycles. The second kappa shape index (κ2) is 6.73. The van der Waals surface area contributed by atoms with Gasteiger partial charge in [0.1, 0.15) is 0 Å². The van der Waals surface area contributed by atoms with Gasteiger partial charge in [-0.15, -0.1) is 0 Å². The molecule has 1 fully saturated rings. The van der Waals surface area contributed by atoms with Crippen molar-refractivity contribution in [3.05, 3.63) is 61.1 Å². The predicted molar refractivity (Wildman–Crippen MR) is 98.0 cm³/mol. The Morgan fingerprint density at radius 3 is 3.13 bits per heavy atom. The van der Waals surface area contributed by atoms with E-state index in [0.29, 0.717) is 6.04 Å². The minimum Gasteiger partial charge on any atom is -0.365 e. The Bertz CT molecular complexity index is 754. The van der Waals surface area contributed by atoms with Gasteiger partial charge in [0.25, 0.3) is 0 Å². The molecule has 1 aliphatic heterocycles. The first kappa shape index (κ1) is 15.4. The van der Waals surface area contributed by atoms with Crippen LogP contribution < -0.4 is 10.2 Å². The van der Waals surface area contributed by atoms with Gasteiger partial charge in [-0.1, -0.05) is 30.4 Å². The summed E-state index contributed by atoms with van der Waals surface area (Å²) in [5, 5.41) is 7.52. The van der Waals surface area contributed by atoms with Gasteiger partial charge in [-0.3, -0.25) is 0 Å². The SMILES string of the molecule is C=CNc1cnn2ccc(N3CCCC3/C(C)=C/C=C\C)cc12. The van der Waals surface area contributed by atoms with E-state index in [-0.39, 0.29) is 0 Å². The van der Waals surface area contributed by atoms with Gasteiger partial charge in [-0.25, -0.2) is 4.52 Å². The highest BCUT2D eigenvalue weighted by molar-refractivity contribution is 5.76. The van der Waals surface area contributed by atoms with E-state index >= 15 is 0 Å². The summed E-state index contributed by atoms with van der Waals surface area (Å²) in [5.74, 6) is 0. The number of hydrogen-bond acceptors (Lipinski definition) is 3. The second-order valence-corrected chi connectivity index (χ2v) is 5.91. The van der Waals surface area contributed by atoms with Crippen LogP contribution in [0.3, 0.4) is 0 Å². The Kier molecular flexibility index (Phi) is 4.51. The van der Waals surface area contributed by atoms with E-state index in [1.54, 1.807) is 6.20 Å². The van der Waals surface area contributed by atoms with E-state index in [1.165, 1.54) is 24.1 Å². The fraction of sp³-hybridized carbons (Fsp3) is 0.316. The number of fused-ring (bicyclic) bond motifs is 1. The molecule has 4 nitrogen and oxygen atoms in total. The molecule has 120 valence electrons. The molecule has 1 N–H and O–H groups in total. The van der Waals surface area contributed by atoms with Gasteiger partial charge in [0, 0.05) is 18.4 Å². The quantitative estimate of drug-likeness (QED) is 0.832. The Morgan fingerprint density at radius 1 is 1.48 bits per heavy atom. The molecule has 0 aromatic carbocycles. The van der Waals surface area contributed by atoms with Crippen LogP contribution in [0.15, 0.2) is 61.1 Å². The van der Waals surface area contributed by atoms with Crippen molar-refractivity contribution in [1.29, 1.82) is 0 Å². The molecule has 1 saturated heterocycles. The van der Waals surface area contributed by atoms with E-state index in [0.717, 1.165) is 17.7 Å². The van der Waals surface area contributed by atoms with Gasteiger partial charge in [-0.2, -0.15) is 5.10 Å². The maximum atomic E-state index is 4.37. The average Bonchev–Trinajstić information content (AvgIpc) is 3.20. The van der Waals surface area contributed by atoms with Gasteiger partial charge in [0.2, 0.25) is 0 Å². The van der Waals surface area contributed by atoms with E-state index in [1.807, 2.05) is 16.9 Å². The third-order valence-corrected chi connectivity index (χ3v) is 4.42. The van der Waals surface area contributed by atoms with Crippen molar-refractivity contribution in [3.63, 3.8) is 0 Å². The Morgan fingerprint density at radius 2 is 2.35 bits per heavy atom. The molecule has 0 spiro atoms. The maximum absolute atomic E-state index is 4.37. The number of rotatable bonds is 5. The van der Waals surface area contributed by atoms with Crippen molar-refractivity contribution >= 4 is 16.9 Å². The van der Waals surface area contributed by atoms with Crippen LogP contribution in [0.4, 0.5) is 11.4 Å². The molecular formula is C19H24N4. The number of anilines is 2. The summed E-state index contributed by atoms with van der Waals surface area (Å²) < 4.78 is 1.89. The highest BCUT2D eigenvalue weighted by Gasteiger charge is 2.26. The molecular weight excluding hydrogens is 284 g/mol. The number of pyridine rings is 1. The van der Waals surface area contributed by atoms with Crippen molar-refractivity contribution in [3.8, 4) is 0 Å². The normalized spacial score (nSPS) is 19.0. The van der Waals surface area contributed by atoms with E-state index < -0.39 is 0 Å². The number of nitrogens with one attached hydrogen (secondary N) is 1. The van der Waals surface area contributed by atoms with Crippen LogP contribution in [0.1, 0.15) is 26.7 Å². The van der Waals surface area contributed by atoms with Gasteiger partial charge >= 0.3 is 0 Å². The van der Waals surface area contributed by atoms with Crippen LogP contribution in [0.2, 0.25) is 0 Å². The molecule has 23 heavy (non-hydrogen) atoms. The summed E-state index contributed by atoms with van der Waals surface area (Å²) in [5.41, 5.74) is 4.72. The lowest BCUT2D eigenvalue weighted by atomic mass is 10.1. The largest absolute Gasteiger partial charge is 0.365 e. The fourth-order valence-electron chi connectivity index (χ4n) is 3.28. The molecule has 3 rings (SSSR count). The van der Waals surface area contributed by atoms with Crippen molar-refractivity contribution in [2.45, 2.75) is 32.7 Å². The molecule has 1 atom stereocenters. The molecule has 0 aliphatic carbocycles. The fourth-order valence-corrected chi connectivity index (χ4v) is 3.28. The Balaban J connectivity index is 1.95. The van der Waals surface area contributed by atoms with Crippen molar-refractivity contribution in [2.24, 2.45) is 0 Å². The minimum absolute atomic E-state index is 0.479. The Labute approximate surface area is 137 Å². The average molecular weight is 308 g/mol. The minimum atomic E-state index is 0.479. The highest BCUT2D eigenvalue weighted by atomic mass is 15.2. The van der Waals surface area contributed by atoms with Crippen molar-refractivity contribution in [1.82, 2.24) is 9.61 Å². The van der Waals surface area contributed by atoms with Crippen LogP contribution in [0, 0.1) is 0 Å². The standard InChI is InChI=1S/C19H24N4/c1-4-6-8-15(3)18-9-7-11-22(18)16-10-12-23-19(13-16)17(14-21-23)20-5-2/h4-6,8,10,12-14,18,20H,2,7,9,11H2,1,3H3/b6-4-,15-8+. The van der Waals surface area contributed by atoms with Crippen LogP contribution in [0.5, 0.6) is 0 Å². The maximum Gasteiger partial charge on any atom is 0.0917 e. The summed E-state index contributed by atoms with van der Waals surface area (Å²) in [6.07, 6.45) is 14.4. The molecule has 0 saturated carbocycles. The molecule has 1 unspecified atom stereocenters. The van der Waals surface area contributed by atoms with Crippen LogP contribution >= 0.6 is 0 Å². The zero-order valence-corrected chi connectivity index (χ0v) is 13.9. The van der Waals surface area contributed by atoms with Crippen LogP contribution in [-0.2, 0) is 0 Å². The zero-order valence-electron chi connectivity index (χ0n) is 13.9. The number of aromatic nitrogens is 2. The van der Waals surface area contributed by atoms with Crippen LogP contribution in [-0.4, -0.2) is 22.2 Å². The molecule has 2 aromatic rings. The van der Waals surface area contributed by atoms with Gasteiger partial charge < -0.3 is 10.2 Å². The van der Waals surface area contributed by atoms with Gasteiger partial charge in [0.05, 0.1) is 23.4 Å². The van der Waals surface area contributed by atoms with Crippen molar-refractivity contribution in [2.75, 3.05) is 16.8 Å². The van der Waals surface area contributed by atoms with E-state index in [2.05, 4.69) is 66.1 Å². The van der Waals surface area contributed by atoms with Crippen LogP contribution in [0.25, 0.3) is 5.52 Å². The molecule has 0 amide bonds. The lowest BCUT2D eigenvalue weighted by molar-refractivity contribution is 0.759. The molecule has 0 radical (unpaired) electrons. The molecule has 2 aromatic heterocycles. The molecule has 1 aliphatic rings. The Hall–Kier alpha value is -2.49. The molecule has 4 heteroatoms. The first-order valence-corrected chi connectivity index (χ1v) is 8.15. The smallest absolute Gasteiger partial charge is 0.0917 e. The number of nitrogens with zero attached hydrogens (tertiary/aromatic N) is 3. The zero-order chi connectivity index (χ0) is 16.2. The third-order valence-electron chi connectivity index (χ3n) is 4.42. The van der Waals surface area contributed by atoms with E-state index in [9.17, 15) is 0 Å². The first-order valence-electron chi connectivity index (χ1n) is 8.15. The summed E-state index contributed by atoms with van der Waals surface area (Å²) >= 11 is 0. The first-order chi connectivity index (χ1) is 11.2. The van der Waals surface area contributed by atoms with Crippen molar-refractivity contribution < 1.29 is 0 Å². The summed E-state index contributed by atoms with van der Waals surface area (Å²) in [6.45, 7) is 9.11. The summed E-state index contributed by atoms with van der Waals surface area (Å²) in [4.78, 5) is 2.50. The summed E-state index contributed by atoms with van der Waals surface area (Å²) in [7, 11) is 0. The van der Waals surface area contributed by atoms with E-state index in [4.69, 9.17) is 0 Å². The molecule has 0 bridgehead atoms. The monoisotopic (exact) mass is 308 g/mol. The number of hydrogen-bond donors (Lipinski definition) is 1. The van der Waals surface area contributed by atoms with Gasteiger partial charge in [-0.05, 0) is 45.0 Å². The topological polar surface area (TPSA) is 32.6 Å². The highest BCUT2D eigenvalue weighted by Crippen LogP contribution is 2.31. The van der Waals surface area contributed by atoms with Gasteiger partial charge in [0.15, 0.2) is 0 Å². The second-order valence-electron chi connectivity index (χ2n) is 5.91. The third kappa shape index (κ3) is 3.02. The predicted octanol–water partition coefficient (Wildman–Crippen LogP) is 4.38.